The second-order valence-electron chi connectivity index (χ2n) is 3.39. The molecule has 0 aliphatic rings. The second-order valence-corrected chi connectivity index (χ2v) is 3.39. The molecule has 0 radical (unpaired) electrons. The molecule has 0 aromatic carbocycles. The van der Waals surface area contributed by atoms with E-state index in [0.29, 0.717) is 5.82 Å². The summed E-state index contributed by atoms with van der Waals surface area (Å²) in [7, 11) is 0. The fraction of sp³-hybridized carbons (Fsp3) is 0.667. The fourth-order valence-corrected chi connectivity index (χ4v) is 1.28. The summed E-state index contributed by atoms with van der Waals surface area (Å²) in [6.07, 6.45) is 0.928. The molecule has 0 aliphatic carbocycles. The maximum Gasteiger partial charge on any atom is 0.323 e. The number of aliphatic carboxylic acids is 1. The number of carboxylic acids is 1. The number of carbonyl (C=O) groups is 1. The number of aromatic nitrogens is 3. The van der Waals surface area contributed by atoms with Gasteiger partial charge in [0.25, 0.3) is 0 Å². The molecule has 1 rings (SSSR count). The molecule has 0 spiro atoms. The molecule has 0 amide bonds. The lowest BCUT2D eigenvalue weighted by Gasteiger charge is -2.09. The van der Waals surface area contributed by atoms with E-state index in [2.05, 4.69) is 10.2 Å². The van der Waals surface area contributed by atoms with Gasteiger partial charge in [-0.3, -0.25) is 4.79 Å². The summed E-state index contributed by atoms with van der Waals surface area (Å²) in [4.78, 5) is 10.6. The van der Waals surface area contributed by atoms with Crippen LogP contribution in [-0.2, 0) is 11.3 Å². The minimum absolute atomic E-state index is 0.0570. The number of carboxylic acid groups (broad SMARTS) is 1. The van der Waals surface area contributed by atoms with Crippen molar-refractivity contribution in [1.82, 2.24) is 14.8 Å². The Morgan fingerprint density at radius 3 is 2.71 bits per heavy atom. The van der Waals surface area contributed by atoms with Crippen molar-refractivity contribution in [3.05, 3.63) is 11.6 Å². The summed E-state index contributed by atoms with van der Waals surface area (Å²) >= 11 is 0. The standard InChI is InChI=1S/C9H15N3O2/c1-4-6(2)9-11-10-7(3)12(9)5-8(13)14/h6H,4-5H2,1-3H3,(H,13,14). The lowest BCUT2D eigenvalue weighted by molar-refractivity contribution is -0.137. The fourth-order valence-electron chi connectivity index (χ4n) is 1.28. The van der Waals surface area contributed by atoms with E-state index in [1.807, 2.05) is 13.8 Å². The quantitative estimate of drug-likeness (QED) is 0.787. The summed E-state index contributed by atoms with van der Waals surface area (Å²) in [6, 6.07) is 0. The lowest BCUT2D eigenvalue weighted by atomic mass is 10.1. The van der Waals surface area contributed by atoms with Crippen LogP contribution < -0.4 is 0 Å². The van der Waals surface area contributed by atoms with Crippen molar-refractivity contribution in [2.75, 3.05) is 0 Å². The molecule has 5 nitrogen and oxygen atoms in total. The molecule has 0 fully saturated rings. The first-order chi connectivity index (χ1) is 6.56. The van der Waals surface area contributed by atoms with Crippen molar-refractivity contribution >= 4 is 5.97 Å². The van der Waals surface area contributed by atoms with Gasteiger partial charge in [0.15, 0.2) is 0 Å². The third kappa shape index (κ3) is 2.10. The van der Waals surface area contributed by atoms with E-state index in [1.165, 1.54) is 0 Å². The molecule has 78 valence electrons. The molecular weight excluding hydrogens is 182 g/mol. The van der Waals surface area contributed by atoms with Crippen molar-refractivity contribution in [2.45, 2.75) is 39.7 Å². The normalized spacial score (nSPS) is 12.8. The number of aryl methyl sites for hydroxylation is 1. The average Bonchev–Trinajstić information content (AvgIpc) is 2.46. The van der Waals surface area contributed by atoms with Gasteiger partial charge in [-0.15, -0.1) is 10.2 Å². The Bertz CT molecular complexity index is 333. The minimum Gasteiger partial charge on any atom is -0.480 e. The van der Waals surface area contributed by atoms with Crippen LogP contribution in [0.25, 0.3) is 0 Å². The van der Waals surface area contributed by atoms with Crippen LogP contribution in [0.15, 0.2) is 0 Å². The molecular formula is C9H15N3O2. The van der Waals surface area contributed by atoms with Crippen LogP contribution in [0.4, 0.5) is 0 Å². The number of hydrogen-bond donors (Lipinski definition) is 1. The van der Waals surface area contributed by atoms with Crippen molar-refractivity contribution < 1.29 is 9.90 Å². The molecule has 1 heterocycles. The van der Waals surface area contributed by atoms with E-state index in [1.54, 1.807) is 11.5 Å². The zero-order valence-electron chi connectivity index (χ0n) is 8.69. The van der Waals surface area contributed by atoms with E-state index in [4.69, 9.17) is 5.11 Å². The van der Waals surface area contributed by atoms with Crippen molar-refractivity contribution in [3.8, 4) is 0 Å². The van der Waals surface area contributed by atoms with Gasteiger partial charge in [0.1, 0.15) is 18.2 Å². The van der Waals surface area contributed by atoms with Gasteiger partial charge in [-0.1, -0.05) is 13.8 Å². The first-order valence-corrected chi connectivity index (χ1v) is 4.67. The lowest BCUT2D eigenvalue weighted by Crippen LogP contribution is -2.14. The Labute approximate surface area is 82.8 Å². The third-order valence-electron chi connectivity index (χ3n) is 2.31. The second kappa shape index (κ2) is 4.21. The van der Waals surface area contributed by atoms with E-state index in [0.717, 1.165) is 12.2 Å². The van der Waals surface area contributed by atoms with Gasteiger partial charge < -0.3 is 9.67 Å². The van der Waals surface area contributed by atoms with Crippen molar-refractivity contribution in [2.24, 2.45) is 0 Å². The largest absolute Gasteiger partial charge is 0.480 e. The Morgan fingerprint density at radius 1 is 1.57 bits per heavy atom. The topological polar surface area (TPSA) is 68.0 Å². The van der Waals surface area contributed by atoms with Gasteiger partial charge in [-0.25, -0.2) is 0 Å². The van der Waals surface area contributed by atoms with Gasteiger partial charge in [-0.2, -0.15) is 0 Å². The summed E-state index contributed by atoms with van der Waals surface area (Å²) < 4.78 is 1.65. The predicted octanol–water partition coefficient (Wildman–Crippen LogP) is 1.18. The smallest absolute Gasteiger partial charge is 0.323 e. The number of nitrogens with zero attached hydrogens (tertiary/aromatic N) is 3. The molecule has 0 bridgehead atoms. The molecule has 1 aromatic rings. The Kier molecular flexibility index (Phi) is 3.22. The molecule has 1 aromatic heterocycles. The first-order valence-electron chi connectivity index (χ1n) is 4.67. The van der Waals surface area contributed by atoms with Crippen LogP contribution in [-0.4, -0.2) is 25.8 Å². The van der Waals surface area contributed by atoms with Crippen LogP contribution in [0.3, 0.4) is 0 Å². The Morgan fingerprint density at radius 2 is 2.21 bits per heavy atom. The molecule has 0 saturated carbocycles. The molecule has 5 heteroatoms. The van der Waals surface area contributed by atoms with Crippen LogP contribution in [0.5, 0.6) is 0 Å². The average molecular weight is 197 g/mol. The molecule has 14 heavy (non-hydrogen) atoms. The molecule has 0 saturated heterocycles. The third-order valence-corrected chi connectivity index (χ3v) is 2.31. The van der Waals surface area contributed by atoms with Crippen LogP contribution in [0.2, 0.25) is 0 Å². The predicted molar refractivity (Wildman–Crippen MR) is 51.1 cm³/mol. The highest BCUT2D eigenvalue weighted by Gasteiger charge is 2.15. The van der Waals surface area contributed by atoms with E-state index in [9.17, 15) is 4.79 Å². The van der Waals surface area contributed by atoms with Crippen molar-refractivity contribution in [1.29, 1.82) is 0 Å². The van der Waals surface area contributed by atoms with Crippen LogP contribution >= 0.6 is 0 Å². The van der Waals surface area contributed by atoms with E-state index >= 15 is 0 Å². The highest BCUT2D eigenvalue weighted by atomic mass is 16.4. The zero-order valence-corrected chi connectivity index (χ0v) is 8.69. The number of rotatable bonds is 4. The van der Waals surface area contributed by atoms with Crippen molar-refractivity contribution in [3.63, 3.8) is 0 Å². The molecule has 0 aliphatic heterocycles. The zero-order chi connectivity index (χ0) is 10.7. The molecule has 1 N–H and O–H groups in total. The van der Waals surface area contributed by atoms with Gasteiger partial charge >= 0.3 is 5.97 Å². The Hall–Kier alpha value is -1.39. The van der Waals surface area contributed by atoms with Gasteiger partial charge in [0.05, 0.1) is 0 Å². The molecule has 1 atom stereocenters. The van der Waals surface area contributed by atoms with E-state index in [-0.39, 0.29) is 12.5 Å². The summed E-state index contributed by atoms with van der Waals surface area (Å²) in [5.74, 6) is 0.795. The minimum atomic E-state index is -0.863. The summed E-state index contributed by atoms with van der Waals surface area (Å²) in [6.45, 7) is 5.77. The monoisotopic (exact) mass is 197 g/mol. The van der Waals surface area contributed by atoms with E-state index < -0.39 is 5.97 Å². The first kappa shape index (κ1) is 10.7. The Balaban J connectivity index is 2.99. The van der Waals surface area contributed by atoms with Gasteiger partial charge in [0, 0.05) is 5.92 Å². The maximum absolute atomic E-state index is 10.6. The van der Waals surface area contributed by atoms with Gasteiger partial charge in [0.2, 0.25) is 0 Å². The number of hydrogen-bond acceptors (Lipinski definition) is 3. The van der Waals surface area contributed by atoms with Crippen LogP contribution in [0.1, 0.15) is 37.8 Å². The summed E-state index contributed by atoms with van der Waals surface area (Å²) in [5, 5.41) is 16.6. The van der Waals surface area contributed by atoms with Crippen LogP contribution in [0, 0.1) is 6.92 Å². The maximum atomic E-state index is 10.6. The highest BCUT2D eigenvalue weighted by Crippen LogP contribution is 2.16. The SMILES string of the molecule is CCC(C)c1nnc(C)n1CC(=O)O. The summed E-state index contributed by atoms with van der Waals surface area (Å²) in [5.41, 5.74) is 0. The highest BCUT2D eigenvalue weighted by molar-refractivity contribution is 5.66. The molecule has 1 unspecified atom stereocenters. The van der Waals surface area contributed by atoms with Gasteiger partial charge in [-0.05, 0) is 13.3 Å².